The molecule has 84 valence electrons. The Morgan fingerprint density at radius 3 is 1.57 bits per heavy atom. The summed E-state index contributed by atoms with van der Waals surface area (Å²) < 4.78 is 4.36. The van der Waals surface area contributed by atoms with E-state index in [1.165, 1.54) is 16.1 Å². The van der Waals surface area contributed by atoms with Crippen molar-refractivity contribution in [3.8, 4) is 0 Å². The molecule has 1 aromatic rings. The third-order valence-electron chi connectivity index (χ3n) is 1.74. The molecule has 0 saturated carbocycles. The molecule has 0 aliphatic heterocycles. The topological polar surface area (TPSA) is 12.9 Å². The fraction of sp³-hybridized carbons (Fsp3) is 0.750. The summed E-state index contributed by atoms with van der Waals surface area (Å²) >= 11 is 1.61. The lowest BCUT2D eigenvalue weighted by atomic mass is 10.1. The normalized spacial score (nSPS) is 8.64. The molecule has 1 aromatic heterocycles. The lowest BCUT2D eigenvalue weighted by Crippen LogP contribution is -1.89. The van der Waals surface area contributed by atoms with E-state index >= 15 is 0 Å². The predicted octanol–water partition coefficient (Wildman–Crippen LogP) is 4.94. The van der Waals surface area contributed by atoms with Gasteiger partial charge < -0.3 is 0 Å². The maximum Gasteiger partial charge on any atom is 0.0599 e. The number of rotatable bonds is 1. The van der Waals surface area contributed by atoms with E-state index in [1.807, 2.05) is 27.7 Å². The van der Waals surface area contributed by atoms with Gasteiger partial charge in [-0.2, -0.15) is 4.37 Å². The molecule has 0 radical (unpaired) electrons. The van der Waals surface area contributed by atoms with Gasteiger partial charge in [-0.05, 0) is 36.9 Å². The summed E-state index contributed by atoms with van der Waals surface area (Å²) in [6.07, 6.45) is 0. The second-order valence-electron chi connectivity index (χ2n) is 2.90. The number of hydrogen-bond donors (Lipinski definition) is 0. The molecule has 0 N–H and O–H groups in total. The lowest BCUT2D eigenvalue weighted by molar-refractivity contribution is 0.830. The summed E-state index contributed by atoms with van der Waals surface area (Å²) in [5, 5.41) is 0. The molecule has 0 amide bonds. The largest absolute Gasteiger partial charge is 0.197 e. The third kappa shape index (κ3) is 4.75. The van der Waals surface area contributed by atoms with Gasteiger partial charge in [-0.1, -0.05) is 41.5 Å². The Balaban J connectivity index is 0. The lowest BCUT2D eigenvalue weighted by Gasteiger charge is -2.00. The van der Waals surface area contributed by atoms with Gasteiger partial charge in [-0.3, -0.25) is 0 Å². The number of nitrogens with zero attached hydrogens (tertiary/aromatic N) is 1. The molecule has 0 aliphatic carbocycles. The fourth-order valence-corrected chi connectivity index (χ4v) is 1.80. The van der Waals surface area contributed by atoms with Crippen LogP contribution in [0, 0.1) is 13.8 Å². The number of aryl methyl sites for hydroxylation is 1. The van der Waals surface area contributed by atoms with Gasteiger partial charge in [0.05, 0.1) is 5.69 Å². The van der Waals surface area contributed by atoms with Crippen LogP contribution in [0.4, 0.5) is 0 Å². The Kier molecular flexibility index (Phi) is 10.6. The molecule has 1 nitrogen and oxygen atoms in total. The van der Waals surface area contributed by atoms with Gasteiger partial charge >= 0.3 is 0 Å². The van der Waals surface area contributed by atoms with Gasteiger partial charge in [0.1, 0.15) is 0 Å². The second kappa shape index (κ2) is 9.20. The first-order valence-corrected chi connectivity index (χ1v) is 6.33. The van der Waals surface area contributed by atoms with Crippen molar-refractivity contribution in [1.82, 2.24) is 4.37 Å². The van der Waals surface area contributed by atoms with Gasteiger partial charge in [0.25, 0.3) is 0 Å². The smallest absolute Gasteiger partial charge is 0.0599 e. The maximum absolute atomic E-state index is 4.36. The van der Waals surface area contributed by atoms with Crippen LogP contribution in [0.15, 0.2) is 0 Å². The van der Waals surface area contributed by atoms with Crippen LogP contribution in [-0.4, -0.2) is 4.37 Å². The van der Waals surface area contributed by atoms with Crippen LogP contribution in [0.25, 0.3) is 0 Å². The van der Waals surface area contributed by atoms with Crippen LogP contribution in [0.3, 0.4) is 0 Å². The van der Waals surface area contributed by atoms with Crippen LogP contribution in [0.1, 0.15) is 63.6 Å². The number of hydrogen-bond acceptors (Lipinski definition) is 2. The van der Waals surface area contributed by atoms with Gasteiger partial charge in [-0.15, -0.1) is 0 Å². The van der Waals surface area contributed by atoms with Crippen molar-refractivity contribution < 1.29 is 0 Å². The van der Waals surface area contributed by atoms with Crippen molar-refractivity contribution in [1.29, 1.82) is 0 Å². The molecule has 0 bridgehead atoms. The van der Waals surface area contributed by atoms with E-state index < -0.39 is 0 Å². The van der Waals surface area contributed by atoms with Crippen molar-refractivity contribution in [3.63, 3.8) is 0 Å². The van der Waals surface area contributed by atoms with E-state index in [2.05, 4.69) is 32.1 Å². The predicted molar refractivity (Wildman–Crippen MR) is 68.4 cm³/mol. The SMILES string of the molecule is CC.CC.Cc1snc(C(C)C)c1C. The molecule has 2 heteroatoms. The first kappa shape index (κ1) is 16.1. The molecular weight excluding hydrogens is 190 g/mol. The summed E-state index contributed by atoms with van der Waals surface area (Å²) in [5.41, 5.74) is 2.64. The van der Waals surface area contributed by atoms with Gasteiger partial charge in [0.15, 0.2) is 0 Å². The van der Waals surface area contributed by atoms with Gasteiger partial charge in [0.2, 0.25) is 0 Å². The number of aromatic nitrogens is 1. The van der Waals surface area contributed by atoms with Gasteiger partial charge in [-0.25, -0.2) is 0 Å². The molecule has 1 rings (SSSR count). The molecule has 14 heavy (non-hydrogen) atoms. The Morgan fingerprint density at radius 1 is 1.00 bits per heavy atom. The standard InChI is InChI=1S/C8H13NS.2C2H6/c1-5(2)8-6(3)7(4)10-9-8;2*1-2/h5H,1-4H3;2*1-2H3. The monoisotopic (exact) mass is 215 g/mol. The molecule has 0 spiro atoms. The maximum atomic E-state index is 4.36. The minimum Gasteiger partial charge on any atom is -0.197 e. The van der Waals surface area contributed by atoms with Crippen LogP contribution in [0.2, 0.25) is 0 Å². The second-order valence-corrected chi connectivity index (χ2v) is 3.88. The zero-order valence-electron chi connectivity index (χ0n) is 10.9. The highest BCUT2D eigenvalue weighted by Gasteiger charge is 2.08. The summed E-state index contributed by atoms with van der Waals surface area (Å²) in [6.45, 7) is 16.6. The summed E-state index contributed by atoms with van der Waals surface area (Å²) in [6, 6.07) is 0. The fourth-order valence-electron chi connectivity index (χ4n) is 0.973. The van der Waals surface area contributed by atoms with Crippen molar-refractivity contribution >= 4 is 11.5 Å². The van der Waals surface area contributed by atoms with Crippen molar-refractivity contribution in [2.45, 2.75) is 61.3 Å². The zero-order chi connectivity index (χ0) is 11.7. The minimum atomic E-state index is 0.574. The Morgan fingerprint density at radius 2 is 1.43 bits per heavy atom. The molecule has 1 heterocycles. The summed E-state index contributed by atoms with van der Waals surface area (Å²) in [5.74, 6) is 0.574. The van der Waals surface area contributed by atoms with E-state index in [4.69, 9.17) is 0 Å². The Bertz CT molecular complexity index is 226. The molecule has 0 aliphatic rings. The first-order chi connectivity index (χ1) is 6.63. The molecular formula is C12H25NS. The van der Waals surface area contributed by atoms with Crippen LogP contribution < -0.4 is 0 Å². The van der Waals surface area contributed by atoms with Crippen LogP contribution in [0.5, 0.6) is 0 Å². The van der Waals surface area contributed by atoms with Gasteiger partial charge in [0, 0.05) is 4.88 Å². The summed E-state index contributed by atoms with van der Waals surface area (Å²) in [4.78, 5) is 1.35. The van der Waals surface area contributed by atoms with Crippen LogP contribution in [-0.2, 0) is 0 Å². The zero-order valence-corrected chi connectivity index (χ0v) is 11.7. The molecule has 0 unspecified atom stereocenters. The van der Waals surface area contributed by atoms with E-state index in [9.17, 15) is 0 Å². The highest BCUT2D eigenvalue weighted by Crippen LogP contribution is 2.22. The average Bonchev–Trinajstić information content (AvgIpc) is 2.54. The molecule has 0 atom stereocenters. The molecule has 0 fully saturated rings. The highest BCUT2D eigenvalue weighted by molar-refractivity contribution is 7.05. The van der Waals surface area contributed by atoms with E-state index in [0.717, 1.165) is 0 Å². The highest BCUT2D eigenvalue weighted by atomic mass is 32.1. The first-order valence-electron chi connectivity index (χ1n) is 5.55. The third-order valence-corrected chi connectivity index (χ3v) is 2.61. The van der Waals surface area contributed by atoms with Crippen molar-refractivity contribution in [2.75, 3.05) is 0 Å². The minimum absolute atomic E-state index is 0.574. The van der Waals surface area contributed by atoms with Crippen molar-refractivity contribution in [3.05, 3.63) is 16.1 Å². The quantitative estimate of drug-likeness (QED) is 0.647. The van der Waals surface area contributed by atoms with E-state index in [0.29, 0.717) is 5.92 Å². The average molecular weight is 215 g/mol. The van der Waals surface area contributed by atoms with E-state index in [-0.39, 0.29) is 0 Å². The Hall–Kier alpha value is -0.370. The molecule has 0 saturated heterocycles. The Labute approximate surface area is 93.7 Å². The van der Waals surface area contributed by atoms with E-state index in [1.54, 1.807) is 11.5 Å². The van der Waals surface area contributed by atoms with Crippen molar-refractivity contribution in [2.24, 2.45) is 0 Å². The van der Waals surface area contributed by atoms with Crippen LogP contribution >= 0.6 is 11.5 Å². The summed E-state index contributed by atoms with van der Waals surface area (Å²) in [7, 11) is 0. The molecule has 0 aromatic carbocycles.